The van der Waals surface area contributed by atoms with Gasteiger partial charge in [0.05, 0.1) is 5.56 Å². The zero-order valence-corrected chi connectivity index (χ0v) is 7.55. The number of alkyl halides is 1. The van der Waals surface area contributed by atoms with Gasteiger partial charge in [0.25, 0.3) is 0 Å². The molecule has 0 spiro atoms. The number of carbonyl (C=O) groups excluding carboxylic acids is 1. The molecule has 3 heteroatoms. The Morgan fingerprint density at radius 2 is 2.14 bits per heavy atom. The van der Waals surface area contributed by atoms with Crippen LogP contribution in [-0.2, 0) is 17.0 Å². The number of cyclic esters (lactones) is 1. The van der Waals surface area contributed by atoms with Crippen molar-refractivity contribution >= 4 is 5.97 Å². The minimum Gasteiger partial charge on any atom is -0.457 e. The molecule has 1 fully saturated rings. The zero-order chi connectivity index (χ0) is 9.76. The van der Waals surface area contributed by atoms with Gasteiger partial charge in [-0.1, -0.05) is 6.07 Å². The van der Waals surface area contributed by atoms with Gasteiger partial charge in [-0.15, -0.1) is 0 Å². The highest BCUT2D eigenvalue weighted by Gasteiger charge is 2.45. The summed E-state index contributed by atoms with van der Waals surface area (Å²) in [6.07, 6.45) is 1.20. The zero-order valence-electron chi connectivity index (χ0n) is 7.55. The Labute approximate surface area is 80.7 Å². The standard InChI is InChI=1S/C11H9FO2/c12-11(3-4-11)8-1-2-9-7(5-8)6-14-10(9)13/h1-2,5H,3-4,6H2. The average Bonchev–Trinajstić information content (AvgIpc) is 2.84. The molecule has 0 bridgehead atoms. The maximum absolute atomic E-state index is 13.7. The van der Waals surface area contributed by atoms with Crippen molar-refractivity contribution in [1.29, 1.82) is 0 Å². The lowest BCUT2D eigenvalue weighted by atomic mass is 10.0. The third-order valence-electron chi connectivity index (χ3n) is 2.89. The van der Waals surface area contributed by atoms with E-state index in [1.54, 1.807) is 18.2 Å². The fourth-order valence-corrected chi connectivity index (χ4v) is 1.81. The van der Waals surface area contributed by atoms with Crippen molar-refractivity contribution in [2.75, 3.05) is 0 Å². The van der Waals surface area contributed by atoms with E-state index in [2.05, 4.69) is 0 Å². The minimum atomic E-state index is -1.12. The Kier molecular flexibility index (Phi) is 1.34. The highest BCUT2D eigenvalue weighted by atomic mass is 19.1. The van der Waals surface area contributed by atoms with Gasteiger partial charge in [-0.3, -0.25) is 0 Å². The molecule has 14 heavy (non-hydrogen) atoms. The third-order valence-corrected chi connectivity index (χ3v) is 2.89. The predicted octanol–water partition coefficient (Wildman–Crippen LogP) is 2.32. The molecular weight excluding hydrogens is 183 g/mol. The fraction of sp³-hybridized carbons (Fsp3) is 0.364. The molecule has 0 aromatic heterocycles. The van der Waals surface area contributed by atoms with E-state index in [0.29, 0.717) is 24.0 Å². The van der Waals surface area contributed by atoms with Crippen LogP contribution < -0.4 is 0 Å². The van der Waals surface area contributed by atoms with Crippen LogP contribution >= 0.6 is 0 Å². The lowest BCUT2D eigenvalue weighted by Gasteiger charge is -2.05. The summed E-state index contributed by atoms with van der Waals surface area (Å²) in [5, 5.41) is 0. The number of rotatable bonds is 1. The van der Waals surface area contributed by atoms with Crippen LogP contribution in [0.3, 0.4) is 0 Å². The van der Waals surface area contributed by atoms with Crippen LogP contribution in [0.1, 0.15) is 34.3 Å². The van der Waals surface area contributed by atoms with Crippen molar-refractivity contribution in [1.82, 2.24) is 0 Å². The van der Waals surface area contributed by atoms with Crippen molar-refractivity contribution in [3.05, 3.63) is 34.9 Å². The molecule has 3 rings (SSSR count). The summed E-state index contributed by atoms with van der Waals surface area (Å²) in [6, 6.07) is 5.12. The number of halogens is 1. The number of hydrogen-bond acceptors (Lipinski definition) is 2. The fourth-order valence-electron chi connectivity index (χ4n) is 1.81. The van der Waals surface area contributed by atoms with Gasteiger partial charge < -0.3 is 4.74 Å². The molecule has 0 unspecified atom stereocenters. The van der Waals surface area contributed by atoms with Crippen molar-refractivity contribution in [2.45, 2.75) is 25.1 Å². The van der Waals surface area contributed by atoms with Crippen molar-refractivity contribution < 1.29 is 13.9 Å². The van der Waals surface area contributed by atoms with E-state index >= 15 is 0 Å². The molecular formula is C11H9FO2. The first-order valence-electron chi connectivity index (χ1n) is 4.68. The lowest BCUT2D eigenvalue weighted by Crippen LogP contribution is -1.99. The molecule has 0 radical (unpaired) electrons. The maximum atomic E-state index is 13.7. The third kappa shape index (κ3) is 0.983. The highest BCUT2D eigenvalue weighted by molar-refractivity contribution is 5.93. The summed E-state index contributed by atoms with van der Waals surface area (Å²) in [7, 11) is 0. The summed E-state index contributed by atoms with van der Waals surface area (Å²) in [4.78, 5) is 11.1. The molecule has 1 aliphatic heterocycles. The first-order chi connectivity index (χ1) is 6.69. The first kappa shape index (κ1) is 7.97. The van der Waals surface area contributed by atoms with Gasteiger partial charge in [0, 0.05) is 5.56 Å². The molecule has 2 nitrogen and oxygen atoms in total. The number of fused-ring (bicyclic) bond motifs is 1. The first-order valence-corrected chi connectivity index (χ1v) is 4.68. The smallest absolute Gasteiger partial charge is 0.338 e. The predicted molar refractivity (Wildman–Crippen MR) is 47.6 cm³/mol. The van der Waals surface area contributed by atoms with Crippen LogP contribution in [0.15, 0.2) is 18.2 Å². The summed E-state index contributed by atoms with van der Waals surface area (Å²) in [5.74, 6) is -0.296. The molecule has 1 heterocycles. The van der Waals surface area contributed by atoms with Gasteiger partial charge in [-0.2, -0.15) is 0 Å². The Balaban J connectivity index is 2.08. The Bertz CT molecular complexity index is 421. The molecule has 1 aromatic rings. The molecule has 0 N–H and O–H groups in total. The minimum absolute atomic E-state index is 0.290. The molecule has 0 amide bonds. The Hall–Kier alpha value is -1.38. The topological polar surface area (TPSA) is 26.3 Å². The van der Waals surface area contributed by atoms with Gasteiger partial charge >= 0.3 is 5.97 Å². The summed E-state index contributed by atoms with van der Waals surface area (Å²) in [6.45, 7) is 0.290. The normalized spacial score (nSPS) is 21.6. The van der Waals surface area contributed by atoms with Gasteiger partial charge in [-0.25, -0.2) is 9.18 Å². The molecule has 72 valence electrons. The average molecular weight is 192 g/mol. The second kappa shape index (κ2) is 2.35. The molecule has 1 saturated carbocycles. The van der Waals surface area contributed by atoms with E-state index in [9.17, 15) is 9.18 Å². The molecule has 1 aliphatic carbocycles. The number of carbonyl (C=O) groups is 1. The van der Waals surface area contributed by atoms with E-state index in [0.717, 1.165) is 5.56 Å². The number of benzene rings is 1. The Morgan fingerprint density at radius 3 is 2.86 bits per heavy atom. The SMILES string of the molecule is O=C1OCc2cc(C3(F)CC3)ccc21. The number of esters is 1. The lowest BCUT2D eigenvalue weighted by molar-refractivity contribution is 0.0535. The van der Waals surface area contributed by atoms with Crippen LogP contribution in [0.5, 0.6) is 0 Å². The van der Waals surface area contributed by atoms with E-state index in [1.807, 2.05) is 0 Å². The van der Waals surface area contributed by atoms with Crippen LogP contribution in [0.4, 0.5) is 4.39 Å². The van der Waals surface area contributed by atoms with Crippen molar-refractivity contribution in [3.63, 3.8) is 0 Å². The summed E-state index contributed by atoms with van der Waals surface area (Å²) in [5.41, 5.74) is 0.963. The van der Waals surface area contributed by atoms with E-state index < -0.39 is 5.67 Å². The van der Waals surface area contributed by atoms with Crippen LogP contribution in [0, 0.1) is 0 Å². The molecule has 2 aliphatic rings. The Morgan fingerprint density at radius 1 is 1.36 bits per heavy atom. The largest absolute Gasteiger partial charge is 0.457 e. The van der Waals surface area contributed by atoms with Crippen LogP contribution in [-0.4, -0.2) is 5.97 Å². The van der Waals surface area contributed by atoms with E-state index in [4.69, 9.17) is 4.74 Å². The van der Waals surface area contributed by atoms with Crippen molar-refractivity contribution in [3.8, 4) is 0 Å². The summed E-state index contributed by atoms with van der Waals surface area (Å²) < 4.78 is 18.5. The summed E-state index contributed by atoms with van der Waals surface area (Å²) >= 11 is 0. The quantitative estimate of drug-likeness (QED) is 0.638. The second-order valence-corrected chi connectivity index (χ2v) is 3.91. The van der Waals surface area contributed by atoms with Gasteiger partial charge in [0.1, 0.15) is 12.3 Å². The van der Waals surface area contributed by atoms with Gasteiger partial charge in [0.2, 0.25) is 0 Å². The van der Waals surface area contributed by atoms with Crippen LogP contribution in [0.2, 0.25) is 0 Å². The van der Waals surface area contributed by atoms with Gasteiger partial charge in [0.15, 0.2) is 0 Å². The molecule has 0 atom stereocenters. The molecule has 1 aromatic carbocycles. The number of ether oxygens (including phenoxy) is 1. The van der Waals surface area contributed by atoms with Gasteiger partial charge in [-0.05, 0) is 30.5 Å². The van der Waals surface area contributed by atoms with Crippen molar-refractivity contribution in [2.24, 2.45) is 0 Å². The van der Waals surface area contributed by atoms with E-state index in [1.165, 1.54) is 0 Å². The molecule has 0 saturated heterocycles. The monoisotopic (exact) mass is 192 g/mol. The van der Waals surface area contributed by atoms with E-state index in [-0.39, 0.29) is 12.6 Å². The van der Waals surface area contributed by atoms with Crippen LogP contribution in [0.25, 0.3) is 0 Å². The maximum Gasteiger partial charge on any atom is 0.338 e. The second-order valence-electron chi connectivity index (χ2n) is 3.91. The number of hydrogen-bond donors (Lipinski definition) is 0. The highest BCUT2D eigenvalue weighted by Crippen LogP contribution is 2.50.